The van der Waals surface area contributed by atoms with Crippen molar-refractivity contribution in [2.75, 3.05) is 13.1 Å². The maximum absolute atomic E-state index is 11.4. The highest BCUT2D eigenvalue weighted by Crippen LogP contribution is 2.20. The van der Waals surface area contributed by atoms with Crippen molar-refractivity contribution in [1.29, 1.82) is 0 Å². The number of rotatable bonds is 3. The number of likely N-dealkylation sites (tertiary alicyclic amines) is 1. The van der Waals surface area contributed by atoms with E-state index >= 15 is 0 Å². The lowest BCUT2D eigenvalue weighted by atomic mass is 9.90. The molecule has 2 heteroatoms. The van der Waals surface area contributed by atoms with Crippen molar-refractivity contribution in [3.8, 4) is 0 Å². The molecule has 2 nitrogen and oxygen atoms in total. The molecular formula is C11H21NO. The fourth-order valence-electron chi connectivity index (χ4n) is 1.95. The second-order valence-corrected chi connectivity index (χ2v) is 4.14. The van der Waals surface area contributed by atoms with Gasteiger partial charge in [-0.2, -0.15) is 0 Å². The van der Waals surface area contributed by atoms with Crippen LogP contribution in [0.3, 0.4) is 0 Å². The van der Waals surface area contributed by atoms with Crippen LogP contribution in [0.1, 0.15) is 40.0 Å². The standard InChI is InChI=1S/C11H21NO/c1-4-5-7-12-8-6-11(13)9(2)10(12)3/h9-10H,4-8H2,1-3H3. The molecule has 76 valence electrons. The summed E-state index contributed by atoms with van der Waals surface area (Å²) in [7, 11) is 0. The molecule has 1 fully saturated rings. The SMILES string of the molecule is CCCCN1CCC(=O)C(C)C1C. The van der Waals surface area contributed by atoms with Crippen molar-refractivity contribution in [1.82, 2.24) is 4.90 Å². The van der Waals surface area contributed by atoms with Gasteiger partial charge in [0.1, 0.15) is 5.78 Å². The Morgan fingerprint density at radius 3 is 2.77 bits per heavy atom. The predicted molar refractivity (Wildman–Crippen MR) is 54.7 cm³/mol. The molecule has 0 aliphatic carbocycles. The molecule has 1 rings (SSSR count). The van der Waals surface area contributed by atoms with Crippen LogP contribution in [0, 0.1) is 5.92 Å². The Labute approximate surface area is 81.3 Å². The number of carbonyl (C=O) groups is 1. The van der Waals surface area contributed by atoms with Gasteiger partial charge in [0.05, 0.1) is 0 Å². The van der Waals surface area contributed by atoms with Crippen molar-refractivity contribution >= 4 is 5.78 Å². The van der Waals surface area contributed by atoms with Crippen molar-refractivity contribution in [2.45, 2.75) is 46.1 Å². The van der Waals surface area contributed by atoms with E-state index < -0.39 is 0 Å². The lowest BCUT2D eigenvalue weighted by Gasteiger charge is -2.36. The summed E-state index contributed by atoms with van der Waals surface area (Å²) in [6.45, 7) is 8.59. The van der Waals surface area contributed by atoms with Crippen molar-refractivity contribution in [2.24, 2.45) is 5.92 Å². The minimum absolute atomic E-state index is 0.241. The van der Waals surface area contributed by atoms with Crippen LogP contribution in [-0.2, 0) is 4.79 Å². The highest BCUT2D eigenvalue weighted by atomic mass is 16.1. The third-order valence-corrected chi connectivity index (χ3v) is 3.25. The molecule has 0 aromatic carbocycles. The molecule has 13 heavy (non-hydrogen) atoms. The van der Waals surface area contributed by atoms with Gasteiger partial charge in [-0.25, -0.2) is 0 Å². The van der Waals surface area contributed by atoms with Gasteiger partial charge in [0, 0.05) is 24.9 Å². The molecule has 2 unspecified atom stereocenters. The maximum atomic E-state index is 11.4. The molecule has 0 aromatic rings. The van der Waals surface area contributed by atoms with Gasteiger partial charge >= 0.3 is 0 Å². The lowest BCUT2D eigenvalue weighted by molar-refractivity contribution is -0.127. The smallest absolute Gasteiger partial charge is 0.138 e. The average molecular weight is 183 g/mol. The topological polar surface area (TPSA) is 20.3 Å². The fourth-order valence-corrected chi connectivity index (χ4v) is 1.95. The molecule has 0 aromatic heterocycles. The molecule has 0 saturated carbocycles. The summed E-state index contributed by atoms with van der Waals surface area (Å²) < 4.78 is 0. The first-order valence-corrected chi connectivity index (χ1v) is 5.43. The van der Waals surface area contributed by atoms with E-state index in [-0.39, 0.29) is 5.92 Å². The zero-order valence-corrected chi connectivity index (χ0v) is 9.05. The monoisotopic (exact) mass is 183 g/mol. The Bertz CT molecular complexity index is 179. The molecular weight excluding hydrogens is 162 g/mol. The number of unbranched alkanes of at least 4 members (excludes halogenated alkanes) is 1. The van der Waals surface area contributed by atoms with Crippen molar-refractivity contribution in [3.63, 3.8) is 0 Å². The van der Waals surface area contributed by atoms with Gasteiger partial charge in [0.2, 0.25) is 0 Å². The third kappa shape index (κ3) is 2.53. The van der Waals surface area contributed by atoms with Crippen LogP contribution in [0.15, 0.2) is 0 Å². The molecule has 2 atom stereocenters. The van der Waals surface area contributed by atoms with Crippen LogP contribution in [0.4, 0.5) is 0 Å². The normalized spacial score (nSPS) is 30.8. The molecule has 0 N–H and O–H groups in total. The summed E-state index contributed by atoms with van der Waals surface area (Å²) >= 11 is 0. The zero-order chi connectivity index (χ0) is 9.84. The second-order valence-electron chi connectivity index (χ2n) is 4.14. The summed E-state index contributed by atoms with van der Waals surface area (Å²) in [6, 6.07) is 0.452. The fraction of sp³-hybridized carbons (Fsp3) is 0.909. The minimum Gasteiger partial charge on any atom is -0.300 e. The quantitative estimate of drug-likeness (QED) is 0.667. The molecule has 1 saturated heterocycles. The van der Waals surface area contributed by atoms with Crippen LogP contribution in [0.5, 0.6) is 0 Å². The number of ketones is 1. The van der Waals surface area contributed by atoms with E-state index in [0.29, 0.717) is 11.8 Å². The van der Waals surface area contributed by atoms with Gasteiger partial charge in [0.15, 0.2) is 0 Å². The van der Waals surface area contributed by atoms with Crippen LogP contribution in [-0.4, -0.2) is 29.8 Å². The van der Waals surface area contributed by atoms with Crippen molar-refractivity contribution < 1.29 is 4.79 Å². The number of carbonyl (C=O) groups excluding carboxylic acids is 1. The molecule has 1 heterocycles. The summed E-state index contributed by atoms with van der Waals surface area (Å²) in [6.07, 6.45) is 3.26. The predicted octanol–water partition coefficient (Wildman–Crippen LogP) is 2.09. The number of hydrogen-bond acceptors (Lipinski definition) is 2. The highest BCUT2D eigenvalue weighted by molar-refractivity contribution is 5.82. The maximum Gasteiger partial charge on any atom is 0.138 e. The first-order valence-electron chi connectivity index (χ1n) is 5.43. The molecule has 1 aliphatic heterocycles. The van der Waals surface area contributed by atoms with E-state index in [0.717, 1.165) is 19.5 Å². The largest absolute Gasteiger partial charge is 0.300 e. The third-order valence-electron chi connectivity index (χ3n) is 3.25. The molecule has 0 bridgehead atoms. The summed E-state index contributed by atoms with van der Waals surface area (Å²) in [5.74, 6) is 0.686. The van der Waals surface area contributed by atoms with E-state index in [1.165, 1.54) is 12.8 Å². The van der Waals surface area contributed by atoms with E-state index in [1.54, 1.807) is 0 Å². The van der Waals surface area contributed by atoms with Crippen LogP contribution >= 0.6 is 0 Å². The van der Waals surface area contributed by atoms with Crippen LogP contribution in [0.25, 0.3) is 0 Å². The Morgan fingerprint density at radius 1 is 1.46 bits per heavy atom. The lowest BCUT2D eigenvalue weighted by Crippen LogP contribution is -2.47. The van der Waals surface area contributed by atoms with Crippen LogP contribution in [0.2, 0.25) is 0 Å². The second kappa shape index (κ2) is 4.75. The summed E-state index contributed by atoms with van der Waals surface area (Å²) in [5.41, 5.74) is 0. The van der Waals surface area contributed by atoms with Gasteiger partial charge in [-0.15, -0.1) is 0 Å². The molecule has 0 radical (unpaired) electrons. The van der Waals surface area contributed by atoms with Crippen LogP contribution < -0.4 is 0 Å². The molecule has 0 spiro atoms. The van der Waals surface area contributed by atoms with Gasteiger partial charge < -0.3 is 0 Å². The molecule has 0 amide bonds. The Hall–Kier alpha value is -0.370. The number of Topliss-reactive ketones (excluding diaryl/α,β-unsaturated/α-hetero) is 1. The Balaban J connectivity index is 2.44. The van der Waals surface area contributed by atoms with Gasteiger partial charge in [0.25, 0.3) is 0 Å². The average Bonchev–Trinajstić information content (AvgIpc) is 2.13. The number of nitrogens with zero attached hydrogens (tertiary/aromatic N) is 1. The van der Waals surface area contributed by atoms with Gasteiger partial charge in [-0.3, -0.25) is 9.69 Å². The number of hydrogen-bond donors (Lipinski definition) is 0. The zero-order valence-electron chi connectivity index (χ0n) is 9.05. The summed E-state index contributed by atoms with van der Waals surface area (Å²) in [5, 5.41) is 0. The summed E-state index contributed by atoms with van der Waals surface area (Å²) in [4.78, 5) is 13.9. The van der Waals surface area contributed by atoms with E-state index in [9.17, 15) is 4.79 Å². The first kappa shape index (κ1) is 10.7. The van der Waals surface area contributed by atoms with E-state index in [2.05, 4.69) is 25.7 Å². The highest BCUT2D eigenvalue weighted by Gasteiger charge is 2.29. The van der Waals surface area contributed by atoms with Gasteiger partial charge in [-0.1, -0.05) is 20.3 Å². The Kier molecular flexibility index (Phi) is 3.91. The Morgan fingerprint density at radius 2 is 2.15 bits per heavy atom. The van der Waals surface area contributed by atoms with E-state index in [4.69, 9.17) is 0 Å². The first-order chi connectivity index (χ1) is 6.16. The van der Waals surface area contributed by atoms with Gasteiger partial charge in [-0.05, 0) is 19.9 Å². The van der Waals surface area contributed by atoms with E-state index in [1.807, 2.05) is 0 Å². The number of piperidine rings is 1. The minimum atomic E-state index is 0.241. The van der Waals surface area contributed by atoms with Crippen molar-refractivity contribution in [3.05, 3.63) is 0 Å². The molecule has 1 aliphatic rings.